The van der Waals surface area contributed by atoms with E-state index in [1.807, 2.05) is 12.1 Å². The molecule has 1 unspecified atom stereocenters. The minimum absolute atomic E-state index is 0.177. The normalized spacial score (nSPS) is 11.4. The standard InChI is InChI=1S/C26H26ClN3O3S/c1-16(2)18-8-10-19(11-9-18)25(32)30-26(34)29-21-14-12-20(13-15-21)28-24(31)17(3)33-23-7-5-4-6-22(23)27/h4-17H,1-3H3,(H,28,31)(H2,29,30,32,34). The number of carbonyl (C=O) groups is 2. The Morgan fingerprint density at radius 1 is 0.853 bits per heavy atom. The largest absolute Gasteiger partial charge is 0.479 e. The first-order valence-electron chi connectivity index (χ1n) is 10.8. The van der Waals surface area contributed by atoms with E-state index >= 15 is 0 Å². The number of amides is 2. The van der Waals surface area contributed by atoms with Gasteiger partial charge in [0.2, 0.25) is 0 Å². The first kappa shape index (κ1) is 25.2. The van der Waals surface area contributed by atoms with Gasteiger partial charge in [0.1, 0.15) is 5.75 Å². The quantitative estimate of drug-likeness (QED) is 0.350. The Balaban J connectivity index is 1.50. The number of para-hydroxylation sites is 1. The van der Waals surface area contributed by atoms with Crippen LogP contribution in [0.15, 0.2) is 72.8 Å². The molecule has 0 bridgehead atoms. The van der Waals surface area contributed by atoms with Gasteiger partial charge in [-0.1, -0.05) is 49.7 Å². The number of benzene rings is 3. The van der Waals surface area contributed by atoms with Gasteiger partial charge in [-0.15, -0.1) is 0 Å². The predicted octanol–water partition coefficient (Wildman–Crippen LogP) is 6.00. The molecule has 176 valence electrons. The molecule has 8 heteroatoms. The molecule has 0 heterocycles. The van der Waals surface area contributed by atoms with Gasteiger partial charge in [-0.2, -0.15) is 0 Å². The summed E-state index contributed by atoms with van der Waals surface area (Å²) in [5, 5.41) is 9.04. The SMILES string of the molecule is CC(Oc1ccccc1Cl)C(=O)Nc1ccc(NC(=S)NC(=O)c2ccc(C(C)C)cc2)cc1. The first-order chi connectivity index (χ1) is 16.2. The number of ether oxygens (including phenoxy) is 1. The molecule has 0 aromatic heterocycles. The molecule has 3 aromatic rings. The highest BCUT2D eigenvalue weighted by Gasteiger charge is 2.16. The Labute approximate surface area is 209 Å². The molecule has 0 radical (unpaired) electrons. The number of rotatable bonds is 7. The second-order valence-corrected chi connectivity index (χ2v) is 8.76. The summed E-state index contributed by atoms with van der Waals surface area (Å²) in [6, 6.07) is 21.3. The predicted molar refractivity (Wildman–Crippen MR) is 141 cm³/mol. The Hall–Kier alpha value is -3.42. The zero-order valence-electron chi connectivity index (χ0n) is 19.1. The van der Waals surface area contributed by atoms with Crippen LogP contribution in [0.1, 0.15) is 42.6 Å². The van der Waals surface area contributed by atoms with Gasteiger partial charge in [0.25, 0.3) is 11.8 Å². The van der Waals surface area contributed by atoms with Gasteiger partial charge in [0.05, 0.1) is 5.02 Å². The minimum Gasteiger partial charge on any atom is -0.479 e. The molecular formula is C26H26ClN3O3S. The fourth-order valence-corrected chi connectivity index (χ4v) is 3.41. The second kappa shape index (κ2) is 11.6. The average Bonchev–Trinajstić information content (AvgIpc) is 2.81. The third-order valence-electron chi connectivity index (χ3n) is 4.99. The van der Waals surface area contributed by atoms with Crippen LogP contribution >= 0.6 is 23.8 Å². The highest BCUT2D eigenvalue weighted by Crippen LogP contribution is 2.24. The van der Waals surface area contributed by atoms with E-state index in [-0.39, 0.29) is 16.9 Å². The molecule has 0 aliphatic rings. The number of anilines is 2. The van der Waals surface area contributed by atoms with Crippen LogP contribution in [0.3, 0.4) is 0 Å². The van der Waals surface area contributed by atoms with Crippen molar-refractivity contribution in [1.82, 2.24) is 5.32 Å². The zero-order chi connectivity index (χ0) is 24.7. The van der Waals surface area contributed by atoms with Gasteiger partial charge >= 0.3 is 0 Å². The van der Waals surface area contributed by atoms with Crippen molar-refractivity contribution in [3.05, 3.63) is 88.9 Å². The molecule has 0 aliphatic heterocycles. The lowest BCUT2D eigenvalue weighted by molar-refractivity contribution is -0.122. The summed E-state index contributed by atoms with van der Waals surface area (Å²) in [6.45, 7) is 5.84. The molecule has 6 nitrogen and oxygen atoms in total. The van der Waals surface area contributed by atoms with E-state index in [2.05, 4.69) is 29.8 Å². The van der Waals surface area contributed by atoms with E-state index in [0.29, 0.717) is 33.6 Å². The summed E-state index contributed by atoms with van der Waals surface area (Å²) in [4.78, 5) is 24.9. The molecule has 3 N–H and O–H groups in total. The van der Waals surface area contributed by atoms with Crippen LogP contribution in [-0.2, 0) is 4.79 Å². The number of thiocarbonyl (C=S) groups is 1. The van der Waals surface area contributed by atoms with Gasteiger partial charge < -0.3 is 15.4 Å². The molecule has 0 saturated heterocycles. The van der Waals surface area contributed by atoms with Crippen LogP contribution in [0.4, 0.5) is 11.4 Å². The van der Waals surface area contributed by atoms with Crippen molar-refractivity contribution in [2.75, 3.05) is 10.6 Å². The summed E-state index contributed by atoms with van der Waals surface area (Å²) in [7, 11) is 0. The third kappa shape index (κ3) is 7.04. The van der Waals surface area contributed by atoms with E-state index in [1.165, 1.54) is 0 Å². The van der Waals surface area contributed by atoms with Gasteiger partial charge in [0, 0.05) is 16.9 Å². The maximum absolute atomic E-state index is 12.4. The number of nitrogens with one attached hydrogen (secondary N) is 3. The first-order valence-corrected chi connectivity index (χ1v) is 11.6. The maximum Gasteiger partial charge on any atom is 0.265 e. The summed E-state index contributed by atoms with van der Waals surface area (Å²) in [5.41, 5.74) is 2.94. The van der Waals surface area contributed by atoms with Crippen LogP contribution in [0.2, 0.25) is 5.02 Å². The van der Waals surface area contributed by atoms with E-state index in [4.69, 9.17) is 28.6 Å². The molecule has 34 heavy (non-hydrogen) atoms. The minimum atomic E-state index is -0.741. The molecule has 1 atom stereocenters. The van der Waals surface area contributed by atoms with Gasteiger partial charge in [-0.05, 0) is 79.2 Å². The lowest BCUT2D eigenvalue weighted by Gasteiger charge is -2.16. The van der Waals surface area contributed by atoms with Crippen molar-refractivity contribution in [3.8, 4) is 5.75 Å². The third-order valence-corrected chi connectivity index (χ3v) is 5.50. The molecular weight excluding hydrogens is 470 g/mol. The molecule has 0 fully saturated rings. The van der Waals surface area contributed by atoms with Crippen molar-refractivity contribution in [1.29, 1.82) is 0 Å². The van der Waals surface area contributed by atoms with Crippen molar-refractivity contribution in [3.63, 3.8) is 0 Å². The Morgan fingerprint density at radius 3 is 2.03 bits per heavy atom. The topological polar surface area (TPSA) is 79.5 Å². The maximum atomic E-state index is 12.4. The Morgan fingerprint density at radius 2 is 1.44 bits per heavy atom. The average molecular weight is 496 g/mol. The van der Waals surface area contributed by atoms with Gasteiger partial charge in [-0.3, -0.25) is 14.9 Å². The van der Waals surface area contributed by atoms with Crippen LogP contribution in [0, 0.1) is 0 Å². The summed E-state index contributed by atoms with van der Waals surface area (Å²) >= 11 is 11.3. The lowest BCUT2D eigenvalue weighted by atomic mass is 10.0. The molecule has 3 aromatic carbocycles. The second-order valence-electron chi connectivity index (χ2n) is 7.94. The smallest absolute Gasteiger partial charge is 0.265 e. The fourth-order valence-electron chi connectivity index (χ4n) is 3.02. The molecule has 0 aliphatic carbocycles. The van der Waals surface area contributed by atoms with Crippen molar-refractivity contribution >= 4 is 52.1 Å². The zero-order valence-corrected chi connectivity index (χ0v) is 20.7. The van der Waals surface area contributed by atoms with Crippen LogP contribution in [0.5, 0.6) is 5.75 Å². The number of carbonyl (C=O) groups excluding carboxylic acids is 2. The van der Waals surface area contributed by atoms with Gasteiger partial charge in [-0.25, -0.2) is 0 Å². The Bertz CT molecular complexity index is 1160. The van der Waals surface area contributed by atoms with Crippen molar-refractivity contribution in [2.24, 2.45) is 0 Å². The highest BCUT2D eigenvalue weighted by molar-refractivity contribution is 7.80. The summed E-state index contributed by atoms with van der Waals surface area (Å²) in [6.07, 6.45) is -0.741. The number of halogens is 1. The summed E-state index contributed by atoms with van der Waals surface area (Å²) in [5.74, 6) is 0.236. The van der Waals surface area contributed by atoms with Crippen LogP contribution < -0.4 is 20.7 Å². The molecule has 0 saturated carbocycles. The van der Waals surface area contributed by atoms with E-state index in [1.54, 1.807) is 67.6 Å². The summed E-state index contributed by atoms with van der Waals surface area (Å²) < 4.78 is 5.63. The monoisotopic (exact) mass is 495 g/mol. The van der Waals surface area contributed by atoms with E-state index in [9.17, 15) is 9.59 Å². The van der Waals surface area contributed by atoms with Crippen molar-refractivity contribution in [2.45, 2.75) is 32.8 Å². The molecule has 2 amide bonds. The fraction of sp³-hybridized carbons (Fsp3) is 0.192. The van der Waals surface area contributed by atoms with E-state index in [0.717, 1.165) is 5.56 Å². The number of hydrogen-bond donors (Lipinski definition) is 3. The molecule has 3 rings (SSSR count). The van der Waals surface area contributed by atoms with Gasteiger partial charge in [0.15, 0.2) is 11.2 Å². The van der Waals surface area contributed by atoms with Crippen LogP contribution in [-0.4, -0.2) is 23.0 Å². The highest BCUT2D eigenvalue weighted by atomic mass is 35.5. The molecule has 0 spiro atoms. The van der Waals surface area contributed by atoms with Crippen LogP contribution in [0.25, 0.3) is 0 Å². The van der Waals surface area contributed by atoms with E-state index < -0.39 is 6.10 Å². The van der Waals surface area contributed by atoms with Crippen molar-refractivity contribution < 1.29 is 14.3 Å². The lowest BCUT2D eigenvalue weighted by Crippen LogP contribution is -2.34. The Kier molecular flexibility index (Phi) is 8.62. The number of hydrogen-bond acceptors (Lipinski definition) is 4.